The van der Waals surface area contributed by atoms with E-state index in [2.05, 4.69) is 15.5 Å². The molecule has 126 valence electrons. The van der Waals surface area contributed by atoms with Crippen molar-refractivity contribution in [1.82, 2.24) is 0 Å². The van der Waals surface area contributed by atoms with Crippen molar-refractivity contribution in [3.05, 3.63) is 54.1 Å². The Kier molecular flexibility index (Phi) is 4.93. The van der Waals surface area contributed by atoms with Crippen molar-refractivity contribution in [3.8, 4) is 0 Å². The van der Waals surface area contributed by atoms with Crippen LogP contribution >= 0.6 is 0 Å². The number of hydrogen-bond donors (Lipinski definition) is 2. The minimum absolute atomic E-state index is 0.0437. The quantitative estimate of drug-likeness (QED) is 0.880. The van der Waals surface area contributed by atoms with Crippen molar-refractivity contribution in [3.63, 3.8) is 0 Å². The Bertz CT molecular complexity index is 713. The number of carbonyl (C=O) groups is 1. The summed E-state index contributed by atoms with van der Waals surface area (Å²) in [6, 6.07) is 11.2. The number of halogens is 2. The van der Waals surface area contributed by atoms with E-state index in [1.807, 2.05) is 24.3 Å². The van der Waals surface area contributed by atoms with Crippen LogP contribution < -0.4 is 15.5 Å². The van der Waals surface area contributed by atoms with Gasteiger partial charge in [0.25, 0.3) is 0 Å². The SMILES string of the molecule is O=C(CNc1ccc(N2CCCC2)cc1)Nc1ccc(F)c(F)c1. The molecule has 1 fully saturated rings. The molecule has 1 saturated heterocycles. The molecule has 1 heterocycles. The van der Waals surface area contributed by atoms with E-state index in [0.29, 0.717) is 0 Å². The zero-order valence-corrected chi connectivity index (χ0v) is 13.2. The number of nitrogens with one attached hydrogen (secondary N) is 2. The molecule has 0 saturated carbocycles. The maximum Gasteiger partial charge on any atom is 0.243 e. The zero-order chi connectivity index (χ0) is 16.9. The van der Waals surface area contributed by atoms with E-state index < -0.39 is 11.6 Å². The van der Waals surface area contributed by atoms with Gasteiger partial charge in [-0.05, 0) is 49.2 Å². The Morgan fingerprint density at radius 2 is 1.62 bits per heavy atom. The minimum Gasteiger partial charge on any atom is -0.376 e. The summed E-state index contributed by atoms with van der Waals surface area (Å²) in [7, 11) is 0. The van der Waals surface area contributed by atoms with Gasteiger partial charge < -0.3 is 15.5 Å². The number of anilines is 3. The van der Waals surface area contributed by atoms with Crippen LogP contribution in [0.3, 0.4) is 0 Å². The van der Waals surface area contributed by atoms with Crippen molar-refractivity contribution in [1.29, 1.82) is 0 Å². The maximum absolute atomic E-state index is 13.1. The highest BCUT2D eigenvalue weighted by Crippen LogP contribution is 2.22. The Morgan fingerprint density at radius 3 is 2.29 bits per heavy atom. The predicted octanol–water partition coefficient (Wildman–Crippen LogP) is 3.62. The zero-order valence-electron chi connectivity index (χ0n) is 13.2. The highest BCUT2D eigenvalue weighted by atomic mass is 19.2. The van der Waals surface area contributed by atoms with Crippen LogP contribution in [0.15, 0.2) is 42.5 Å². The van der Waals surface area contributed by atoms with Crippen LogP contribution in [0.25, 0.3) is 0 Å². The van der Waals surface area contributed by atoms with Gasteiger partial charge >= 0.3 is 0 Å². The van der Waals surface area contributed by atoms with Gasteiger partial charge in [-0.15, -0.1) is 0 Å². The number of rotatable bonds is 5. The third-order valence-electron chi connectivity index (χ3n) is 3.99. The molecular formula is C18H19F2N3O. The predicted molar refractivity (Wildman–Crippen MR) is 91.4 cm³/mol. The molecule has 0 aliphatic carbocycles. The van der Waals surface area contributed by atoms with Crippen LogP contribution in [0.4, 0.5) is 25.8 Å². The van der Waals surface area contributed by atoms with Crippen molar-refractivity contribution in [2.75, 3.05) is 35.2 Å². The summed E-state index contributed by atoms with van der Waals surface area (Å²) < 4.78 is 25.9. The van der Waals surface area contributed by atoms with Crippen molar-refractivity contribution < 1.29 is 13.6 Å². The first-order valence-electron chi connectivity index (χ1n) is 7.95. The topological polar surface area (TPSA) is 44.4 Å². The van der Waals surface area contributed by atoms with Gasteiger partial charge in [0.2, 0.25) is 5.91 Å². The summed E-state index contributed by atoms with van der Waals surface area (Å²) in [4.78, 5) is 14.2. The van der Waals surface area contributed by atoms with E-state index >= 15 is 0 Å². The smallest absolute Gasteiger partial charge is 0.243 e. The Balaban J connectivity index is 1.51. The molecule has 0 radical (unpaired) electrons. The normalized spacial score (nSPS) is 13.8. The second-order valence-electron chi connectivity index (χ2n) is 5.77. The average Bonchev–Trinajstić information content (AvgIpc) is 3.11. The first kappa shape index (κ1) is 16.2. The Labute approximate surface area is 139 Å². The van der Waals surface area contributed by atoms with Crippen molar-refractivity contribution in [2.24, 2.45) is 0 Å². The highest BCUT2D eigenvalue weighted by Gasteiger charge is 2.12. The molecule has 2 aromatic rings. The monoisotopic (exact) mass is 331 g/mol. The van der Waals surface area contributed by atoms with Crippen LogP contribution in [-0.2, 0) is 4.79 Å². The van der Waals surface area contributed by atoms with E-state index in [4.69, 9.17) is 0 Å². The Morgan fingerprint density at radius 1 is 0.958 bits per heavy atom. The first-order valence-corrected chi connectivity index (χ1v) is 7.95. The lowest BCUT2D eigenvalue weighted by molar-refractivity contribution is -0.114. The van der Waals surface area contributed by atoms with Crippen LogP contribution in [-0.4, -0.2) is 25.5 Å². The number of hydrogen-bond acceptors (Lipinski definition) is 3. The molecule has 0 unspecified atom stereocenters. The number of amides is 1. The number of benzene rings is 2. The lowest BCUT2D eigenvalue weighted by Crippen LogP contribution is -2.22. The van der Waals surface area contributed by atoms with Crippen LogP contribution in [0.1, 0.15) is 12.8 Å². The fourth-order valence-corrected chi connectivity index (χ4v) is 2.73. The van der Waals surface area contributed by atoms with Gasteiger partial charge in [0.1, 0.15) is 0 Å². The van der Waals surface area contributed by atoms with Crippen molar-refractivity contribution >= 4 is 23.0 Å². The molecule has 0 aromatic heterocycles. The second kappa shape index (κ2) is 7.29. The molecular weight excluding hydrogens is 312 g/mol. The van der Waals surface area contributed by atoms with Gasteiger partial charge in [-0.1, -0.05) is 0 Å². The molecule has 6 heteroatoms. The van der Waals surface area contributed by atoms with E-state index in [1.54, 1.807) is 0 Å². The summed E-state index contributed by atoms with van der Waals surface area (Å²) in [6.07, 6.45) is 2.45. The van der Waals surface area contributed by atoms with E-state index in [-0.39, 0.29) is 18.1 Å². The van der Waals surface area contributed by atoms with Gasteiger partial charge in [-0.3, -0.25) is 4.79 Å². The molecule has 4 nitrogen and oxygen atoms in total. The summed E-state index contributed by atoms with van der Waals surface area (Å²) in [5.41, 5.74) is 2.24. The highest BCUT2D eigenvalue weighted by molar-refractivity contribution is 5.93. The van der Waals surface area contributed by atoms with Crippen LogP contribution in [0.5, 0.6) is 0 Å². The maximum atomic E-state index is 13.1. The van der Waals surface area contributed by atoms with Crippen LogP contribution in [0, 0.1) is 11.6 Å². The van der Waals surface area contributed by atoms with E-state index in [0.717, 1.165) is 30.9 Å². The lowest BCUT2D eigenvalue weighted by Gasteiger charge is -2.18. The third kappa shape index (κ3) is 4.01. The average molecular weight is 331 g/mol. The fraction of sp³-hybridized carbons (Fsp3) is 0.278. The molecule has 2 N–H and O–H groups in total. The van der Waals surface area contributed by atoms with Gasteiger partial charge in [-0.25, -0.2) is 8.78 Å². The molecule has 2 aromatic carbocycles. The standard InChI is InChI=1S/C18H19F2N3O/c19-16-8-5-14(11-17(16)20)22-18(24)12-21-13-3-6-15(7-4-13)23-9-1-2-10-23/h3-8,11,21H,1-2,9-10,12H2,(H,22,24). The number of nitrogens with zero attached hydrogens (tertiary/aromatic N) is 1. The largest absolute Gasteiger partial charge is 0.376 e. The summed E-state index contributed by atoms with van der Waals surface area (Å²) >= 11 is 0. The Hall–Kier alpha value is -2.63. The fourth-order valence-electron chi connectivity index (χ4n) is 2.73. The third-order valence-corrected chi connectivity index (χ3v) is 3.99. The molecule has 0 spiro atoms. The van der Waals surface area contributed by atoms with Crippen molar-refractivity contribution in [2.45, 2.75) is 12.8 Å². The summed E-state index contributed by atoms with van der Waals surface area (Å²) in [5.74, 6) is -2.26. The van der Waals surface area contributed by atoms with Gasteiger partial charge in [-0.2, -0.15) is 0 Å². The lowest BCUT2D eigenvalue weighted by atomic mass is 10.2. The second-order valence-corrected chi connectivity index (χ2v) is 5.77. The molecule has 24 heavy (non-hydrogen) atoms. The summed E-state index contributed by atoms with van der Waals surface area (Å²) in [5, 5.41) is 5.53. The van der Waals surface area contributed by atoms with Gasteiger partial charge in [0.15, 0.2) is 11.6 Å². The summed E-state index contributed by atoms with van der Waals surface area (Å²) in [6.45, 7) is 2.22. The molecule has 1 aliphatic rings. The first-order chi connectivity index (χ1) is 11.6. The molecule has 3 rings (SSSR count). The van der Waals surface area contributed by atoms with Gasteiger partial charge in [0, 0.05) is 36.2 Å². The molecule has 0 bridgehead atoms. The van der Waals surface area contributed by atoms with E-state index in [1.165, 1.54) is 24.6 Å². The van der Waals surface area contributed by atoms with Gasteiger partial charge in [0.05, 0.1) is 6.54 Å². The van der Waals surface area contributed by atoms with E-state index in [9.17, 15) is 13.6 Å². The molecule has 1 amide bonds. The minimum atomic E-state index is -0.988. The molecule has 0 atom stereocenters. The van der Waals surface area contributed by atoms with Crippen LogP contribution in [0.2, 0.25) is 0 Å². The molecule has 1 aliphatic heterocycles. The number of carbonyl (C=O) groups excluding carboxylic acids is 1.